The highest BCUT2D eigenvalue weighted by Crippen LogP contribution is 2.32. The Bertz CT molecular complexity index is 992. The summed E-state index contributed by atoms with van der Waals surface area (Å²) in [6.45, 7) is 3.80. The molecule has 0 unspecified atom stereocenters. The van der Waals surface area contributed by atoms with Crippen LogP contribution in [0.1, 0.15) is 24.3 Å². The highest BCUT2D eigenvalue weighted by atomic mass is 16.7. The van der Waals surface area contributed by atoms with Gasteiger partial charge in [-0.25, -0.2) is 4.68 Å². The molecule has 7 nitrogen and oxygen atoms in total. The van der Waals surface area contributed by atoms with Gasteiger partial charge in [0.15, 0.2) is 6.29 Å². The van der Waals surface area contributed by atoms with Gasteiger partial charge in [0, 0.05) is 38.0 Å². The first-order valence-electron chi connectivity index (χ1n) is 9.95. The maximum Gasteiger partial charge on any atom is 0.218 e. The third-order valence-electron chi connectivity index (χ3n) is 5.30. The molecule has 0 bridgehead atoms. The van der Waals surface area contributed by atoms with Crippen LogP contribution in [0.25, 0.3) is 11.3 Å². The molecule has 0 saturated carbocycles. The number of nitrogens with two attached hydrogens (primary N) is 1. The number of aromatic nitrogens is 2. The van der Waals surface area contributed by atoms with Crippen LogP contribution < -0.4 is 10.5 Å². The molecule has 1 saturated heterocycles. The van der Waals surface area contributed by atoms with Crippen LogP contribution in [-0.4, -0.2) is 37.2 Å². The molecule has 0 aliphatic carbocycles. The Kier molecular flexibility index (Phi) is 5.87. The molecule has 1 fully saturated rings. The largest absolute Gasteiger partial charge is 0.439 e. The zero-order valence-corrected chi connectivity index (χ0v) is 17.5. The average molecular weight is 409 g/mol. The molecule has 1 aliphatic heterocycles. The van der Waals surface area contributed by atoms with Gasteiger partial charge in [-0.1, -0.05) is 30.3 Å². The van der Waals surface area contributed by atoms with Gasteiger partial charge >= 0.3 is 0 Å². The fourth-order valence-electron chi connectivity index (χ4n) is 3.51. The fourth-order valence-corrected chi connectivity index (χ4v) is 3.51. The summed E-state index contributed by atoms with van der Waals surface area (Å²) in [7, 11) is 3.22. The first kappa shape index (κ1) is 20.6. The van der Waals surface area contributed by atoms with Crippen molar-refractivity contribution in [2.45, 2.75) is 25.3 Å². The Morgan fingerprint density at radius 3 is 2.43 bits per heavy atom. The molecule has 0 amide bonds. The molecule has 2 heterocycles. The van der Waals surface area contributed by atoms with Crippen LogP contribution in [-0.2, 0) is 26.3 Å². The fraction of sp³-hybridized carbons (Fsp3) is 0.348. The molecule has 1 aromatic heterocycles. The highest BCUT2D eigenvalue weighted by Gasteiger charge is 2.36. The summed E-state index contributed by atoms with van der Waals surface area (Å²) in [4.78, 5) is 0. The van der Waals surface area contributed by atoms with Crippen LogP contribution >= 0.6 is 0 Å². The third-order valence-corrected chi connectivity index (χ3v) is 5.30. The lowest BCUT2D eigenvalue weighted by molar-refractivity contribution is -0.106. The van der Waals surface area contributed by atoms with E-state index in [1.807, 2.05) is 60.1 Å². The van der Waals surface area contributed by atoms with Crippen molar-refractivity contribution in [1.29, 1.82) is 0 Å². The number of aryl methyl sites for hydroxylation is 1. The molecule has 3 aromatic rings. The van der Waals surface area contributed by atoms with Crippen LogP contribution in [0.3, 0.4) is 0 Å². The van der Waals surface area contributed by atoms with E-state index in [0.717, 1.165) is 22.4 Å². The number of nitrogens with zero attached hydrogens (tertiary/aromatic N) is 2. The maximum atomic E-state index is 6.39. The Labute approximate surface area is 176 Å². The van der Waals surface area contributed by atoms with E-state index < -0.39 is 11.8 Å². The SMILES string of the molecule is CCn1nc(-c2cccc(C3(N)COC3)c2)cc1Oc1ccc(C(OC)OC)cc1. The molecule has 0 radical (unpaired) electrons. The van der Waals surface area contributed by atoms with Crippen molar-refractivity contribution in [3.05, 3.63) is 65.7 Å². The Morgan fingerprint density at radius 2 is 1.83 bits per heavy atom. The van der Waals surface area contributed by atoms with Crippen molar-refractivity contribution < 1.29 is 18.9 Å². The normalized spacial score (nSPS) is 15.2. The smallest absolute Gasteiger partial charge is 0.218 e. The summed E-state index contributed by atoms with van der Waals surface area (Å²) in [5.41, 5.74) is 9.80. The van der Waals surface area contributed by atoms with Crippen molar-refractivity contribution in [3.8, 4) is 22.9 Å². The van der Waals surface area contributed by atoms with E-state index >= 15 is 0 Å². The summed E-state index contributed by atoms with van der Waals surface area (Å²) in [5.74, 6) is 1.39. The van der Waals surface area contributed by atoms with Crippen LogP contribution in [0, 0.1) is 0 Å². The van der Waals surface area contributed by atoms with Gasteiger partial charge in [-0.15, -0.1) is 0 Å². The van der Waals surface area contributed by atoms with Crippen molar-refractivity contribution >= 4 is 0 Å². The van der Waals surface area contributed by atoms with E-state index in [2.05, 4.69) is 6.07 Å². The molecule has 30 heavy (non-hydrogen) atoms. The summed E-state index contributed by atoms with van der Waals surface area (Å²) >= 11 is 0. The number of methoxy groups -OCH3 is 2. The van der Waals surface area contributed by atoms with E-state index in [1.165, 1.54) is 0 Å². The standard InChI is InChI=1S/C23H27N3O4/c1-4-26-21(30-19-10-8-16(9-11-19)22(27-2)28-3)13-20(25-26)17-6-5-7-18(12-17)23(24)14-29-15-23/h5-13,22H,4,14-15,24H2,1-3H3. The zero-order valence-electron chi connectivity index (χ0n) is 17.5. The lowest BCUT2D eigenvalue weighted by atomic mass is 9.88. The molecule has 1 aliphatic rings. The first-order chi connectivity index (χ1) is 14.6. The van der Waals surface area contributed by atoms with Crippen molar-refractivity contribution in [3.63, 3.8) is 0 Å². The minimum Gasteiger partial charge on any atom is -0.439 e. The minimum absolute atomic E-state index is 0.397. The highest BCUT2D eigenvalue weighted by molar-refractivity contribution is 5.62. The van der Waals surface area contributed by atoms with Crippen LogP contribution in [0.4, 0.5) is 0 Å². The molecule has 7 heteroatoms. The van der Waals surface area contributed by atoms with Crippen LogP contribution in [0.15, 0.2) is 54.6 Å². The molecule has 0 spiro atoms. The molecule has 0 atom stereocenters. The zero-order chi connectivity index (χ0) is 21.1. The number of hydrogen-bond acceptors (Lipinski definition) is 6. The lowest BCUT2D eigenvalue weighted by Crippen LogP contribution is -2.54. The number of hydrogen-bond donors (Lipinski definition) is 1. The predicted molar refractivity (Wildman–Crippen MR) is 113 cm³/mol. The van der Waals surface area contributed by atoms with Crippen molar-refractivity contribution in [1.82, 2.24) is 9.78 Å². The monoisotopic (exact) mass is 409 g/mol. The second kappa shape index (κ2) is 8.57. The van der Waals surface area contributed by atoms with E-state index in [4.69, 9.17) is 29.8 Å². The van der Waals surface area contributed by atoms with E-state index in [1.54, 1.807) is 14.2 Å². The van der Waals surface area contributed by atoms with E-state index in [-0.39, 0.29) is 0 Å². The topological polar surface area (TPSA) is 80.8 Å². The van der Waals surface area contributed by atoms with Gasteiger partial charge in [-0.05, 0) is 30.7 Å². The van der Waals surface area contributed by atoms with Crippen molar-refractivity contribution in [2.24, 2.45) is 5.73 Å². The Hall–Kier alpha value is -2.71. The second-order valence-electron chi connectivity index (χ2n) is 7.39. The number of rotatable bonds is 8. The molecule has 4 rings (SSSR count). The van der Waals surface area contributed by atoms with Gasteiger partial charge in [0.05, 0.1) is 24.4 Å². The minimum atomic E-state index is -0.410. The number of benzene rings is 2. The van der Waals surface area contributed by atoms with Gasteiger partial charge in [0.1, 0.15) is 5.75 Å². The molecule has 158 valence electrons. The predicted octanol–water partition coefficient (Wildman–Crippen LogP) is 3.84. The van der Waals surface area contributed by atoms with E-state index in [0.29, 0.717) is 31.4 Å². The van der Waals surface area contributed by atoms with Gasteiger partial charge in [-0.2, -0.15) is 5.10 Å². The summed E-state index contributed by atoms with van der Waals surface area (Å²) in [6.07, 6.45) is -0.397. The molecular formula is C23H27N3O4. The average Bonchev–Trinajstić information content (AvgIpc) is 3.17. The van der Waals surface area contributed by atoms with Gasteiger partial charge in [0.2, 0.25) is 5.88 Å². The Morgan fingerprint density at radius 1 is 1.10 bits per heavy atom. The quantitative estimate of drug-likeness (QED) is 0.570. The Balaban J connectivity index is 1.57. The maximum absolute atomic E-state index is 6.39. The van der Waals surface area contributed by atoms with Crippen LogP contribution in [0.2, 0.25) is 0 Å². The summed E-state index contributed by atoms with van der Waals surface area (Å²) in [5, 5.41) is 4.71. The molecular weight excluding hydrogens is 382 g/mol. The van der Waals surface area contributed by atoms with E-state index in [9.17, 15) is 0 Å². The van der Waals surface area contributed by atoms with Gasteiger partial charge in [0.25, 0.3) is 0 Å². The summed E-state index contributed by atoms with van der Waals surface area (Å²) < 4.78 is 23.8. The van der Waals surface area contributed by atoms with Crippen molar-refractivity contribution in [2.75, 3.05) is 27.4 Å². The third kappa shape index (κ3) is 3.97. The second-order valence-corrected chi connectivity index (χ2v) is 7.39. The molecule has 2 N–H and O–H groups in total. The summed E-state index contributed by atoms with van der Waals surface area (Å²) in [6, 6.07) is 17.7. The molecule has 2 aromatic carbocycles. The first-order valence-corrected chi connectivity index (χ1v) is 9.95. The number of ether oxygens (including phenoxy) is 4. The van der Waals surface area contributed by atoms with Gasteiger partial charge < -0.3 is 24.7 Å². The van der Waals surface area contributed by atoms with Gasteiger partial charge in [-0.3, -0.25) is 0 Å². The van der Waals surface area contributed by atoms with Crippen LogP contribution in [0.5, 0.6) is 11.6 Å². The lowest BCUT2D eigenvalue weighted by Gasteiger charge is -2.38.